The standard InChI is InChI=1S/C19H33N/c1-4-20-16(7-14-5-6-14)19-10-15-8-17(2,12-19)11-18(3,9-15)13-19/h14-16,20H,4-13H2,1-3H3. The van der Waals surface area contributed by atoms with Crippen LogP contribution in [0.5, 0.6) is 0 Å². The van der Waals surface area contributed by atoms with Gasteiger partial charge in [0.15, 0.2) is 0 Å². The van der Waals surface area contributed by atoms with Crippen molar-refractivity contribution in [3.63, 3.8) is 0 Å². The smallest absolute Gasteiger partial charge is 0.0126 e. The number of nitrogens with one attached hydrogen (secondary N) is 1. The molecule has 0 saturated heterocycles. The summed E-state index contributed by atoms with van der Waals surface area (Å²) in [4.78, 5) is 0. The van der Waals surface area contributed by atoms with Crippen molar-refractivity contribution >= 4 is 0 Å². The van der Waals surface area contributed by atoms with Gasteiger partial charge in [0.2, 0.25) is 0 Å². The molecule has 5 fully saturated rings. The topological polar surface area (TPSA) is 12.0 Å². The first-order chi connectivity index (χ1) is 9.44. The maximum Gasteiger partial charge on any atom is 0.0126 e. The molecule has 1 nitrogen and oxygen atoms in total. The second-order valence-corrected chi connectivity index (χ2v) is 9.78. The molecule has 4 bridgehead atoms. The molecule has 5 saturated carbocycles. The average molecular weight is 275 g/mol. The van der Waals surface area contributed by atoms with Gasteiger partial charge < -0.3 is 5.32 Å². The minimum absolute atomic E-state index is 0.654. The summed E-state index contributed by atoms with van der Waals surface area (Å²) < 4.78 is 0. The third-order valence-corrected chi connectivity index (χ3v) is 7.13. The van der Waals surface area contributed by atoms with Gasteiger partial charge in [-0.3, -0.25) is 0 Å². The minimum Gasteiger partial charge on any atom is -0.314 e. The van der Waals surface area contributed by atoms with E-state index in [1.807, 2.05) is 0 Å². The average Bonchev–Trinajstić information content (AvgIpc) is 3.07. The van der Waals surface area contributed by atoms with E-state index in [-0.39, 0.29) is 0 Å². The summed E-state index contributed by atoms with van der Waals surface area (Å²) >= 11 is 0. The normalized spacial score (nSPS) is 51.5. The summed E-state index contributed by atoms with van der Waals surface area (Å²) in [6.45, 7) is 8.70. The fourth-order valence-electron chi connectivity index (χ4n) is 7.41. The van der Waals surface area contributed by atoms with Crippen LogP contribution in [0.15, 0.2) is 0 Å². The number of hydrogen-bond donors (Lipinski definition) is 1. The molecule has 0 amide bonds. The highest BCUT2D eigenvalue weighted by molar-refractivity contribution is 5.13. The molecule has 0 aromatic heterocycles. The zero-order valence-corrected chi connectivity index (χ0v) is 13.8. The summed E-state index contributed by atoms with van der Waals surface area (Å²) in [6, 6.07) is 0.821. The van der Waals surface area contributed by atoms with E-state index < -0.39 is 0 Å². The Kier molecular flexibility index (Phi) is 2.89. The van der Waals surface area contributed by atoms with E-state index in [1.54, 1.807) is 6.42 Å². The Hall–Kier alpha value is -0.0400. The highest BCUT2D eigenvalue weighted by atomic mass is 14.9. The van der Waals surface area contributed by atoms with Crippen LogP contribution in [0, 0.1) is 28.1 Å². The maximum atomic E-state index is 3.95. The molecule has 114 valence electrons. The Morgan fingerprint density at radius 2 is 1.65 bits per heavy atom. The molecular formula is C19H33N. The molecule has 0 spiro atoms. The summed E-state index contributed by atoms with van der Waals surface area (Å²) in [7, 11) is 0. The van der Waals surface area contributed by atoms with Gasteiger partial charge in [0.25, 0.3) is 0 Å². The lowest BCUT2D eigenvalue weighted by atomic mass is 9.39. The fraction of sp³-hybridized carbons (Fsp3) is 1.00. The first-order valence-corrected chi connectivity index (χ1v) is 9.18. The summed E-state index contributed by atoms with van der Waals surface area (Å²) in [6.07, 6.45) is 13.7. The van der Waals surface area contributed by atoms with Gasteiger partial charge in [-0.05, 0) is 79.6 Å². The van der Waals surface area contributed by atoms with E-state index in [9.17, 15) is 0 Å². The van der Waals surface area contributed by atoms with Gasteiger partial charge in [-0.1, -0.05) is 33.6 Å². The van der Waals surface area contributed by atoms with Gasteiger partial charge in [-0.2, -0.15) is 0 Å². The quantitative estimate of drug-likeness (QED) is 0.762. The van der Waals surface area contributed by atoms with E-state index in [0.29, 0.717) is 16.2 Å². The summed E-state index contributed by atoms with van der Waals surface area (Å²) in [5, 5.41) is 3.95. The largest absolute Gasteiger partial charge is 0.314 e. The third-order valence-electron chi connectivity index (χ3n) is 7.13. The number of hydrogen-bond acceptors (Lipinski definition) is 1. The molecule has 3 unspecified atom stereocenters. The zero-order chi connectivity index (χ0) is 14.0. The third kappa shape index (κ3) is 2.16. The molecule has 5 rings (SSSR count). The van der Waals surface area contributed by atoms with Crippen LogP contribution in [-0.2, 0) is 0 Å². The van der Waals surface area contributed by atoms with Crippen molar-refractivity contribution in [1.82, 2.24) is 5.32 Å². The highest BCUT2D eigenvalue weighted by Crippen LogP contribution is 2.70. The van der Waals surface area contributed by atoms with Crippen LogP contribution in [0.3, 0.4) is 0 Å². The number of rotatable bonds is 5. The second-order valence-electron chi connectivity index (χ2n) is 9.78. The molecule has 3 atom stereocenters. The van der Waals surface area contributed by atoms with Crippen molar-refractivity contribution in [3.8, 4) is 0 Å². The lowest BCUT2D eigenvalue weighted by molar-refractivity contribution is -0.158. The molecule has 1 N–H and O–H groups in total. The fourth-order valence-corrected chi connectivity index (χ4v) is 7.41. The van der Waals surface area contributed by atoms with E-state index in [2.05, 4.69) is 26.1 Å². The van der Waals surface area contributed by atoms with Gasteiger partial charge in [0.05, 0.1) is 0 Å². The van der Waals surface area contributed by atoms with Crippen LogP contribution in [0.2, 0.25) is 0 Å². The van der Waals surface area contributed by atoms with Gasteiger partial charge >= 0.3 is 0 Å². The molecule has 0 aliphatic heterocycles. The zero-order valence-electron chi connectivity index (χ0n) is 13.8. The van der Waals surface area contributed by atoms with Crippen molar-refractivity contribution < 1.29 is 0 Å². The van der Waals surface area contributed by atoms with Crippen LogP contribution in [0.25, 0.3) is 0 Å². The van der Waals surface area contributed by atoms with Gasteiger partial charge in [0, 0.05) is 6.04 Å². The molecule has 0 aromatic carbocycles. The van der Waals surface area contributed by atoms with Crippen LogP contribution in [0.4, 0.5) is 0 Å². The van der Waals surface area contributed by atoms with Gasteiger partial charge in [0.1, 0.15) is 0 Å². The van der Waals surface area contributed by atoms with Crippen molar-refractivity contribution in [1.29, 1.82) is 0 Å². The van der Waals surface area contributed by atoms with Crippen molar-refractivity contribution in [2.75, 3.05) is 6.54 Å². The summed E-state index contributed by atoms with van der Waals surface area (Å²) in [5.74, 6) is 2.11. The van der Waals surface area contributed by atoms with Crippen LogP contribution in [0.1, 0.15) is 78.6 Å². The predicted molar refractivity (Wildman–Crippen MR) is 84.6 cm³/mol. The molecule has 1 heteroatoms. The molecular weight excluding hydrogens is 242 g/mol. The molecule has 20 heavy (non-hydrogen) atoms. The molecule has 5 aliphatic carbocycles. The first-order valence-electron chi connectivity index (χ1n) is 9.18. The maximum absolute atomic E-state index is 3.95. The Morgan fingerprint density at radius 1 is 1.00 bits per heavy atom. The van der Waals surface area contributed by atoms with Gasteiger partial charge in [-0.25, -0.2) is 0 Å². The Balaban J connectivity index is 1.64. The van der Waals surface area contributed by atoms with E-state index in [1.165, 1.54) is 51.4 Å². The molecule has 5 aliphatic rings. The van der Waals surface area contributed by atoms with Crippen molar-refractivity contribution in [2.24, 2.45) is 28.1 Å². The van der Waals surface area contributed by atoms with Crippen LogP contribution >= 0.6 is 0 Å². The Bertz CT molecular complexity index is 379. The first kappa shape index (κ1) is 13.6. The lowest BCUT2D eigenvalue weighted by Gasteiger charge is -2.67. The van der Waals surface area contributed by atoms with E-state index >= 15 is 0 Å². The van der Waals surface area contributed by atoms with Crippen molar-refractivity contribution in [2.45, 2.75) is 84.6 Å². The van der Waals surface area contributed by atoms with E-state index in [0.717, 1.165) is 24.4 Å². The molecule has 0 heterocycles. The van der Waals surface area contributed by atoms with E-state index in [4.69, 9.17) is 0 Å². The lowest BCUT2D eigenvalue weighted by Crippen LogP contribution is -2.61. The van der Waals surface area contributed by atoms with Crippen LogP contribution in [-0.4, -0.2) is 12.6 Å². The Labute approximate surface area is 125 Å². The summed E-state index contributed by atoms with van der Waals surface area (Å²) in [5.41, 5.74) is 2.00. The molecule has 0 radical (unpaired) electrons. The monoisotopic (exact) mass is 275 g/mol. The second kappa shape index (κ2) is 4.24. The molecule has 0 aromatic rings. The predicted octanol–water partition coefficient (Wildman–Crippen LogP) is 4.76. The Morgan fingerprint density at radius 3 is 2.15 bits per heavy atom. The van der Waals surface area contributed by atoms with Crippen LogP contribution < -0.4 is 5.32 Å². The minimum atomic E-state index is 0.654. The highest BCUT2D eigenvalue weighted by Gasteiger charge is 2.62. The SMILES string of the molecule is CCNC(CC1CC1)C12CC3CC(C)(CC(C)(C3)C1)C2. The van der Waals surface area contributed by atoms with Gasteiger partial charge in [-0.15, -0.1) is 0 Å². The van der Waals surface area contributed by atoms with Crippen molar-refractivity contribution in [3.05, 3.63) is 0 Å².